The molecule has 1 aliphatic carbocycles. The predicted octanol–water partition coefficient (Wildman–Crippen LogP) is 1.25. The number of rotatable bonds is 6. The first-order valence-electron chi connectivity index (χ1n) is 7.82. The number of hydrogen-bond acceptors (Lipinski definition) is 4. The minimum Gasteiger partial charge on any atom is -0.381 e. The molecule has 19 heavy (non-hydrogen) atoms. The van der Waals surface area contributed by atoms with Gasteiger partial charge < -0.3 is 19.7 Å². The van der Waals surface area contributed by atoms with Gasteiger partial charge >= 0.3 is 0 Å². The van der Waals surface area contributed by atoms with Gasteiger partial charge in [-0.25, -0.2) is 0 Å². The summed E-state index contributed by atoms with van der Waals surface area (Å²) in [5.74, 6) is 0. The highest BCUT2D eigenvalue weighted by Crippen LogP contribution is 2.32. The molecule has 2 heterocycles. The molecule has 2 aliphatic heterocycles. The van der Waals surface area contributed by atoms with E-state index in [2.05, 4.69) is 24.2 Å². The fourth-order valence-electron chi connectivity index (χ4n) is 3.56. The Bertz CT molecular complexity index is 301. The number of likely N-dealkylation sites (N-methyl/N-ethyl adjacent to an activating group) is 1. The maximum absolute atomic E-state index is 5.71. The quantitative estimate of drug-likeness (QED) is 0.786. The predicted molar refractivity (Wildman–Crippen MR) is 75.3 cm³/mol. The van der Waals surface area contributed by atoms with Crippen LogP contribution in [-0.2, 0) is 9.47 Å². The topological polar surface area (TPSA) is 33.7 Å². The minimum atomic E-state index is 0.319. The third-order valence-corrected chi connectivity index (χ3v) is 5.02. The molecule has 0 aromatic heterocycles. The highest BCUT2D eigenvalue weighted by atomic mass is 16.5. The third-order valence-electron chi connectivity index (χ3n) is 5.02. The summed E-state index contributed by atoms with van der Waals surface area (Å²) >= 11 is 0. The largest absolute Gasteiger partial charge is 0.381 e. The summed E-state index contributed by atoms with van der Waals surface area (Å²) < 4.78 is 11.4. The van der Waals surface area contributed by atoms with Crippen LogP contribution in [0.1, 0.15) is 32.6 Å². The molecule has 1 saturated carbocycles. The Labute approximate surface area is 116 Å². The molecule has 3 atom stereocenters. The summed E-state index contributed by atoms with van der Waals surface area (Å²) in [4.78, 5) is 2.51. The molecule has 110 valence electrons. The zero-order valence-electron chi connectivity index (χ0n) is 12.4. The van der Waals surface area contributed by atoms with Gasteiger partial charge in [-0.2, -0.15) is 0 Å². The van der Waals surface area contributed by atoms with E-state index >= 15 is 0 Å². The molecule has 0 amide bonds. The van der Waals surface area contributed by atoms with Gasteiger partial charge in [-0.1, -0.05) is 0 Å². The zero-order valence-corrected chi connectivity index (χ0v) is 12.4. The van der Waals surface area contributed by atoms with Crippen molar-refractivity contribution >= 4 is 0 Å². The fourth-order valence-corrected chi connectivity index (χ4v) is 3.56. The van der Waals surface area contributed by atoms with Crippen LogP contribution in [0.2, 0.25) is 0 Å². The standard InChI is InChI=1S/C15H28N2O2/c1-12-14(5-7-19-12)17(2)10-15(6-8-18-11-15)9-16-13-3-4-13/h12-14,16H,3-11H2,1-2H3. The monoisotopic (exact) mass is 268 g/mol. The lowest BCUT2D eigenvalue weighted by molar-refractivity contribution is 0.0568. The Balaban J connectivity index is 1.56. The molecule has 3 rings (SSSR count). The molecule has 0 spiro atoms. The molecule has 0 bridgehead atoms. The zero-order chi connectivity index (χ0) is 13.3. The summed E-state index contributed by atoms with van der Waals surface area (Å²) in [6.45, 7) is 7.21. The number of ether oxygens (including phenoxy) is 2. The van der Waals surface area contributed by atoms with Gasteiger partial charge in [-0.3, -0.25) is 0 Å². The summed E-state index contributed by atoms with van der Waals surface area (Å²) in [5.41, 5.74) is 0.319. The minimum absolute atomic E-state index is 0.319. The van der Waals surface area contributed by atoms with Gasteiger partial charge in [-0.05, 0) is 39.7 Å². The Morgan fingerprint density at radius 2 is 2.11 bits per heavy atom. The van der Waals surface area contributed by atoms with Crippen molar-refractivity contribution < 1.29 is 9.47 Å². The van der Waals surface area contributed by atoms with E-state index in [0.717, 1.165) is 39.0 Å². The first-order valence-corrected chi connectivity index (χ1v) is 7.82. The summed E-state index contributed by atoms with van der Waals surface area (Å²) in [6.07, 6.45) is 5.46. The van der Waals surface area contributed by atoms with E-state index in [1.165, 1.54) is 25.7 Å². The molecule has 0 aromatic carbocycles. The molecular formula is C15H28N2O2. The van der Waals surface area contributed by atoms with Gasteiger partial charge in [0.05, 0.1) is 12.7 Å². The second-order valence-corrected chi connectivity index (χ2v) is 6.80. The van der Waals surface area contributed by atoms with Crippen LogP contribution in [0, 0.1) is 5.41 Å². The van der Waals surface area contributed by atoms with Crippen LogP contribution in [0.3, 0.4) is 0 Å². The van der Waals surface area contributed by atoms with Gasteiger partial charge in [-0.15, -0.1) is 0 Å². The lowest BCUT2D eigenvalue weighted by Gasteiger charge is -2.36. The van der Waals surface area contributed by atoms with E-state index in [1.807, 2.05) is 0 Å². The van der Waals surface area contributed by atoms with Gasteiger partial charge in [0.15, 0.2) is 0 Å². The molecule has 3 unspecified atom stereocenters. The molecule has 1 N–H and O–H groups in total. The van der Waals surface area contributed by atoms with Crippen molar-refractivity contribution in [3.8, 4) is 0 Å². The van der Waals surface area contributed by atoms with Crippen LogP contribution in [0.15, 0.2) is 0 Å². The number of nitrogens with zero attached hydrogens (tertiary/aromatic N) is 1. The Hall–Kier alpha value is -0.160. The van der Waals surface area contributed by atoms with Crippen molar-refractivity contribution in [2.75, 3.05) is 40.0 Å². The molecule has 0 radical (unpaired) electrons. The average molecular weight is 268 g/mol. The first kappa shape index (κ1) is 13.8. The van der Waals surface area contributed by atoms with Crippen LogP contribution in [0.25, 0.3) is 0 Å². The van der Waals surface area contributed by atoms with Gasteiger partial charge in [0.25, 0.3) is 0 Å². The van der Waals surface area contributed by atoms with E-state index in [-0.39, 0.29) is 0 Å². The fraction of sp³-hybridized carbons (Fsp3) is 1.00. The second kappa shape index (κ2) is 5.68. The van der Waals surface area contributed by atoms with Crippen molar-refractivity contribution in [1.82, 2.24) is 10.2 Å². The molecule has 4 heteroatoms. The van der Waals surface area contributed by atoms with Crippen molar-refractivity contribution in [2.45, 2.75) is 50.8 Å². The summed E-state index contributed by atoms with van der Waals surface area (Å²) in [5, 5.41) is 3.71. The Morgan fingerprint density at radius 1 is 1.26 bits per heavy atom. The molecule has 2 saturated heterocycles. The normalized spacial score (nSPS) is 39.3. The highest BCUT2D eigenvalue weighted by molar-refractivity contribution is 4.93. The van der Waals surface area contributed by atoms with Crippen molar-refractivity contribution in [1.29, 1.82) is 0 Å². The van der Waals surface area contributed by atoms with Gasteiger partial charge in [0, 0.05) is 43.8 Å². The van der Waals surface area contributed by atoms with E-state index in [0.29, 0.717) is 17.6 Å². The summed E-state index contributed by atoms with van der Waals surface area (Å²) in [7, 11) is 2.26. The van der Waals surface area contributed by atoms with Gasteiger partial charge in [0.2, 0.25) is 0 Å². The van der Waals surface area contributed by atoms with Crippen molar-refractivity contribution in [3.05, 3.63) is 0 Å². The highest BCUT2D eigenvalue weighted by Gasteiger charge is 2.40. The first-order chi connectivity index (χ1) is 9.19. The number of hydrogen-bond donors (Lipinski definition) is 1. The average Bonchev–Trinajstić information content (AvgIpc) is 2.95. The van der Waals surface area contributed by atoms with E-state index < -0.39 is 0 Å². The van der Waals surface area contributed by atoms with Crippen LogP contribution in [0.5, 0.6) is 0 Å². The smallest absolute Gasteiger partial charge is 0.0702 e. The van der Waals surface area contributed by atoms with E-state index in [9.17, 15) is 0 Å². The van der Waals surface area contributed by atoms with Crippen LogP contribution in [0.4, 0.5) is 0 Å². The second-order valence-electron chi connectivity index (χ2n) is 6.80. The van der Waals surface area contributed by atoms with E-state index in [1.54, 1.807) is 0 Å². The summed E-state index contributed by atoms with van der Waals surface area (Å²) in [6, 6.07) is 1.37. The van der Waals surface area contributed by atoms with Crippen LogP contribution in [-0.4, -0.2) is 63.0 Å². The van der Waals surface area contributed by atoms with Crippen molar-refractivity contribution in [3.63, 3.8) is 0 Å². The Kier molecular flexibility index (Phi) is 4.13. The van der Waals surface area contributed by atoms with Crippen LogP contribution < -0.4 is 5.32 Å². The Morgan fingerprint density at radius 3 is 2.68 bits per heavy atom. The molecular weight excluding hydrogens is 240 g/mol. The SMILES string of the molecule is CC1OCCC1N(C)CC1(CNC2CC2)CCOC1. The van der Waals surface area contributed by atoms with Crippen molar-refractivity contribution in [2.24, 2.45) is 5.41 Å². The molecule has 3 fully saturated rings. The molecule has 0 aromatic rings. The molecule has 3 aliphatic rings. The van der Waals surface area contributed by atoms with E-state index in [4.69, 9.17) is 9.47 Å². The third kappa shape index (κ3) is 3.30. The lowest BCUT2D eigenvalue weighted by atomic mass is 9.86. The molecule has 4 nitrogen and oxygen atoms in total. The van der Waals surface area contributed by atoms with Gasteiger partial charge in [0.1, 0.15) is 0 Å². The lowest BCUT2D eigenvalue weighted by Crippen LogP contribution is -2.48. The maximum atomic E-state index is 5.71. The maximum Gasteiger partial charge on any atom is 0.0702 e. The van der Waals surface area contributed by atoms with Crippen LogP contribution >= 0.6 is 0 Å². The number of nitrogens with one attached hydrogen (secondary N) is 1.